The second-order valence-corrected chi connectivity index (χ2v) is 4.80. The molecular weight excluding hydrogens is 260 g/mol. The van der Waals surface area contributed by atoms with Crippen LogP contribution < -0.4 is 0 Å². The Morgan fingerprint density at radius 2 is 2.30 bits per heavy atom. The summed E-state index contributed by atoms with van der Waals surface area (Å²) in [6.45, 7) is 1.29. The molecule has 3 rings (SSSR count). The highest BCUT2D eigenvalue weighted by Gasteiger charge is 2.27. The first-order chi connectivity index (χ1) is 9.79. The first-order valence-electron chi connectivity index (χ1n) is 6.61. The Morgan fingerprint density at radius 1 is 1.45 bits per heavy atom. The zero-order valence-electron chi connectivity index (χ0n) is 11.0. The molecule has 1 aromatic heterocycles. The SMILES string of the molecule is O=C(Cc1noc2ccccc12)N1CCOCC1CO. The van der Waals surface area contributed by atoms with E-state index >= 15 is 0 Å². The van der Waals surface area contributed by atoms with E-state index in [1.807, 2.05) is 24.3 Å². The predicted octanol–water partition coefficient (Wildman–Crippen LogP) is 0.590. The van der Waals surface area contributed by atoms with Crippen LogP contribution in [0.4, 0.5) is 0 Å². The minimum atomic E-state index is -0.269. The number of morpholine rings is 1. The zero-order chi connectivity index (χ0) is 13.9. The second kappa shape index (κ2) is 5.60. The first-order valence-corrected chi connectivity index (χ1v) is 6.61. The van der Waals surface area contributed by atoms with Gasteiger partial charge in [-0.1, -0.05) is 17.3 Å². The molecule has 2 heterocycles. The van der Waals surface area contributed by atoms with Crippen LogP contribution in [-0.2, 0) is 16.0 Å². The van der Waals surface area contributed by atoms with Gasteiger partial charge in [0.1, 0.15) is 5.69 Å². The van der Waals surface area contributed by atoms with Crippen LogP contribution in [0, 0.1) is 0 Å². The van der Waals surface area contributed by atoms with Crippen molar-refractivity contribution in [1.82, 2.24) is 10.1 Å². The van der Waals surface area contributed by atoms with Crippen LogP contribution >= 0.6 is 0 Å². The number of benzene rings is 1. The molecule has 2 aromatic rings. The normalized spacial score (nSPS) is 19.4. The van der Waals surface area contributed by atoms with Gasteiger partial charge in [0, 0.05) is 11.9 Å². The number of hydrogen-bond acceptors (Lipinski definition) is 5. The molecule has 1 unspecified atom stereocenters. The van der Waals surface area contributed by atoms with E-state index in [0.717, 1.165) is 5.39 Å². The molecule has 1 aliphatic rings. The van der Waals surface area contributed by atoms with Crippen molar-refractivity contribution < 1.29 is 19.2 Å². The van der Waals surface area contributed by atoms with E-state index in [-0.39, 0.29) is 25.0 Å². The van der Waals surface area contributed by atoms with Gasteiger partial charge in [-0.05, 0) is 12.1 Å². The van der Waals surface area contributed by atoms with Gasteiger partial charge in [0.15, 0.2) is 5.58 Å². The number of aliphatic hydroxyl groups is 1. The second-order valence-electron chi connectivity index (χ2n) is 4.80. The van der Waals surface area contributed by atoms with E-state index in [0.29, 0.717) is 31.0 Å². The maximum absolute atomic E-state index is 12.4. The lowest BCUT2D eigenvalue weighted by molar-refractivity contribution is -0.140. The van der Waals surface area contributed by atoms with Crippen LogP contribution in [0.2, 0.25) is 0 Å². The molecule has 1 aliphatic heterocycles. The number of nitrogens with zero attached hydrogens (tertiary/aromatic N) is 2. The predicted molar refractivity (Wildman–Crippen MR) is 71.1 cm³/mol. The zero-order valence-corrected chi connectivity index (χ0v) is 11.0. The van der Waals surface area contributed by atoms with Crippen LogP contribution in [0.1, 0.15) is 5.69 Å². The molecule has 1 atom stereocenters. The third kappa shape index (κ3) is 2.39. The fourth-order valence-corrected chi connectivity index (χ4v) is 2.44. The number of aromatic nitrogens is 1. The highest BCUT2D eigenvalue weighted by atomic mass is 16.5. The van der Waals surface area contributed by atoms with Gasteiger partial charge in [-0.2, -0.15) is 0 Å². The van der Waals surface area contributed by atoms with Crippen molar-refractivity contribution in [2.24, 2.45) is 0 Å². The summed E-state index contributed by atoms with van der Waals surface area (Å²) < 4.78 is 10.5. The largest absolute Gasteiger partial charge is 0.394 e. The van der Waals surface area contributed by atoms with E-state index in [9.17, 15) is 9.90 Å². The molecule has 1 N–H and O–H groups in total. The third-order valence-electron chi connectivity index (χ3n) is 3.53. The van der Waals surface area contributed by atoms with Crippen LogP contribution in [-0.4, -0.2) is 53.5 Å². The van der Waals surface area contributed by atoms with Crippen molar-refractivity contribution in [3.05, 3.63) is 30.0 Å². The number of hydrogen-bond donors (Lipinski definition) is 1. The van der Waals surface area contributed by atoms with Gasteiger partial charge in [0.05, 0.1) is 32.3 Å². The number of carbonyl (C=O) groups excluding carboxylic acids is 1. The minimum absolute atomic E-state index is 0.0635. The highest BCUT2D eigenvalue weighted by Crippen LogP contribution is 2.19. The monoisotopic (exact) mass is 276 g/mol. The van der Waals surface area contributed by atoms with E-state index in [4.69, 9.17) is 9.26 Å². The van der Waals surface area contributed by atoms with Crippen molar-refractivity contribution in [3.8, 4) is 0 Å². The molecule has 1 saturated heterocycles. The standard InChI is InChI=1S/C14H16N2O4/c17-8-10-9-19-6-5-16(10)14(18)7-12-11-3-1-2-4-13(11)20-15-12/h1-4,10,17H,5-9H2. The number of aliphatic hydroxyl groups excluding tert-OH is 1. The van der Waals surface area contributed by atoms with Gasteiger partial charge in [-0.15, -0.1) is 0 Å². The number of amides is 1. The van der Waals surface area contributed by atoms with Crippen molar-refractivity contribution >= 4 is 16.9 Å². The average molecular weight is 276 g/mol. The quantitative estimate of drug-likeness (QED) is 0.888. The Labute approximate surface area is 115 Å². The summed E-state index contributed by atoms with van der Waals surface area (Å²) in [5.41, 5.74) is 1.31. The topological polar surface area (TPSA) is 75.8 Å². The first kappa shape index (κ1) is 13.1. The summed E-state index contributed by atoms with van der Waals surface area (Å²) in [4.78, 5) is 14.0. The average Bonchev–Trinajstić information content (AvgIpc) is 2.90. The third-order valence-corrected chi connectivity index (χ3v) is 3.53. The number of fused-ring (bicyclic) bond motifs is 1. The smallest absolute Gasteiger partial charge is 0.229 e. The molecule has 1 amide bonds. The summed E-state index contributed by atoms with van der Waals surface area (Å²) in [6.07, 6.45) is 0.174. The summed E-state index contributed by atoms with van der Waals surface area (Å²) in [6, 6.07) is 7.19. The van der Waals surface area contributed by atoms with Gasteiger partial charge < -0.3 is 19.3 Å². The van der Waals surface area contributed by atoms with Crippen molar-refractivity contribution in [3.63, 3.8) is 0 Å². The lowest BCUT2D eigenvalue weighted by Crippen LogP contribution is -2.51. The molecule has 106 valence electrons. The van der Waals surface area contributed by atoms with E-state index < -0.39 is 0 Å². The van der Waals surface area contributed by atoms with Crippen LogP contribution in [0.25, 0.3) is 11.0 Å². The van der Waals surface area contributed by atoms with E-state index in [2.05, 4.69) is 5.16 Å². The van der Waals surface area contributed by atoms with Crippen molar-refractivity contribution in [2.75, 3.05) is 26.4 Å². The van der Waals surface area contributed by atoms with Crippen LogP contribution in [0.15, 0.2) is 28.8 Å². The molecule has 1 fully saturated rings. The van der Waals surface area contributed by atoms with E-state index in [1.165, 1.54) is 0 Å². The van der Waals surface area contributed by atoms with E-state index in [1.54, 1.807) is 4.90 Å². The lowest BCUT2D eigenvalue weighted by atomic mass is 10.1. The fourth-order valence-electron chi connectivity index (χ4n) is 2.44. The molecule has 0 saturated carbocycles. The fraction of sp³-hybridized carbons (Fsp3) is 0.429. The summed E-state index contributed by atoms with van der Waals surface area (Å²) in [5.74, 6) is -0.0635. The van der Waals surface area contributed by atoms with Crippen molar-refractivity contribution in [2.45, 2.75) is 12.5 Å². The van der Waals surface area contributed by atoms with Gasteiger partial charge in [0.2, 0.25) is 5.91 Å². The van der Waals surface area contributed by atoms with Crippen LogP contribution in [0.3, 0.4) is 0 Å². The Balaban J connectivity index is 1.78. The molecule has 0 radical (unpaired) electrons. The highest BCUT2D eigenvalue weighted by molar-refractivity contribution is 5.86. The maximum atomic E-state index is 12.4. The molecule has 20 heavy (non-hydrogen) atoms. The Morgan fingerprint density at radius 3 is 3.15 bits per heavy atom. The minimum Gasteiger partial charge on any atom is -0.394 e. The Bertz CT molecular complexity index is 610. The Hall–Kier alpha value is -1.92. The number of ether oxygens (including phenoxy) is 1. The molecule has 0 aliphatic carbocycles. The molecule has 1 aromatic carbocycles. The van der Waals surface area contributed by atoms with Crippen molar-refractivity contribution in [1.29, 1.82) is 0 Å². The van der Waals surface area contributed by atoms with Gasteiger partial charge in [-0.3, -0.25) is 4.79 Å². The Kier molecular flexibility index (Phi) is 3.66. The van der Waals surface area contributed by atoms with Gasteiger partial charge in [-0.25, -0.2) is 0 Å². The molecule has 6 heteroatoms. The number of carbonyl (C=O) groups is 1. The molecular formula is C14H16N2O4. The maximum Gasteiger partial charge on any atom is 0.229 e. The molecule has 6 nitrogen and oxygen atoms in total. The lowest BCUT2D eigenvalue weighted by Gasteiger charge is -2.34. The summed E-state index contributed by atoms with van der Waals surface area (Å²) >= 11 is 0. The summed E-state index contributed by atoms with van der Waals surface area (Å²) in [7, 11) is 0. The molecule has 0 bridgehead atoms. The van der Waals surface area contributed by atoms with Gasteiger partial charge in [0.25, 0.3) is 0 Å². The number of para-hydroxylation sites is 1. The van der Waals surface area contributed by atoms with Crippen LogP contribution in [0.5, 0.6) is 0 Å². The summed E-state index contributed by atoms with van der Waals surface area (Å²) in [5, 5.41) is 14.1. The number of rotatable bonds is 3. The molecule has 0 spiro atoms. The van der Waals surface area contributed by atoms with Gasteiger partial charge >= 0.3 is 0 Å².